The third-order valence-corrected chi connectivity index (χ3v) is 2.88. The van der Waals surface area contributed by atoms with Gasteiger partial charge in [-0.25, -0.2) is 0 Å². The van der Waals surface area contributed by atoms with Crippen molar-refractivity contribution in [2.45, 2.75) is 6.92 Å². The van der Waals surface area contributed by atoms with Gasteiger partial charge in [-0.15, -0.1) is 0 Å². The Hall–Kier alpha value is -2.82. The minimum absolute atomic E-state index is 0.0677. The molecule has 2 aromatic carbocycles. The molecule has 1 amide bonds. The Labute approximate surface area is 122 Å². The predicted octanol–water partition coefficient (Wildman–Crippen LogP) is 2.82. The highest BCUT2D eigenvalue weighted by Gasteiger charge is 2.05. The van der Waals surface area contributed by atoms with Crippen LogP contribution in [0.5, 0.6) is 5.75 Å². The number of benzene rings is 2. The second-order valence-electron chi connectivity index (χ2n) is 4.47. The van der Waals surface area contributed by atoms with Crippen LogP contribution in [-0.2, 0) is 4.79 Å². The molecule has 0 atom stereocenters. The maximum absolute atomic E-state index is 11.8. The van der Waals surface area contributed by atoms with E-state index in [2.05, 4.69) is 10.5 Å². The zero-order valence-corrected chi connectivity index (χ0v) is 11.6. The molecule has 2 N–H and O–H groups in total. The van der Waals surface area contributed by atoms with E-state index in [1.54, 1.807) is 24.3 Å². The van der Waals surface area contributed by atoms with Crippen molar-refractivity contribution in [2.24, 2.45) is 5.16 Å². The van der Waals surface area contributed by atoms with Gasteiger partial charge in [0.05, 0.1) is 6.21 Å². The Balaban J connectivity index is 1.88. The second kappa shape index (κ2) is 7.09. The van der Waals surface area contributed by atoms with Crippen molar-refractivity contribution < 1.29 is 14.7 Å². The zero-order chi connectivity index (χ0) is 15.1. The quantitative estimate of drug-likeness (QED) is 0.504. The van der Waals surface area contributed by atoms with Crippen LogP contribution in [0.3, 0.4) is 0 Å². The van der Waals surface area contributed by atoms with Crippen LogP contribution in [0.15, 0.2) is 53.7 Å². The first-order valence-corrected chi connectivity index (χ1v) is 6.45. The summed E-state index contributed by atoms with van der Waals surface area (Å²) in [4.78, 5) is 11.8. The van der Waals surface area contributed by atoms with Crippen LogP contribution in [-0.4, -0.2) is 23.9 Å². The monoisotopic (exact) mass is 284 g/mol. The molecule has 0 unspecified atom stereocenters. The summed E-state index contributed by atoms with van der Waals surface area (Å²) in [6.07, 6.45) is 1.31. The van der Waals surface area contributed by atoms with Crippen LogP contribution < -0.4 is 10.1 Å². The van der Waals surface area contributed by atoms with E-state index in [4.69, 9.17) is 9.94 Å². The molecule has 5 heteroatoms. The van der Waals surface area contributed by atoms with Gasteiger partial charge in [0, 0.05) is 5.69 Å². The number of hydrogen-bond acceptors (Lipinski definition) is 4. The summed E-state index contributed by atoms with van der Waals surface area (Å²) in [5.74, 6) is 0.357. The number of carbonyl (C=O) groups excluding carboxylic acids is 1. The number of nitrogens with zero attached hydrogens (tertiary/aromatic N) is 1. The van der Waals surface area contributed by atoms with E-state index in [1.165, 1.54) is 6.21 Å². The summed E-state index contributed by atoms with van der Waals surface area (Å²) in [6, 6.07) is 14.4. The Morgan fingerprint density at radius 2 is 1.95 bits per heavy atom. The highest BCUT2D eigenvalue weighted by molar-refractivity contribution is 5.92. The van der Waals surface area contributed by atoms with Gasteiger partial charge >= 0.3 is 0 Å². The largest absolute Gasteiger partial charge is 0.484 e. The van der Waals surface area contributed by atoms with E-state index in [9.17, 15) is 4.79 Å². The molecular formula is C16H16N2O3. The highest BCUT2D eigenvalue weighted by Crippen LogP contribution is 2.14. The number of hydrogen-bond donors (Lipinski definition) is 2. The molecule has 0 aliphatic carbocycles. The van der Waals surface area contributed by atoms with Crippen molar-refractivity contribution >= 4 is 17.8 Å². The SMILES string of the molecule is Cc1ccccc1NC(=O)COc1ccc(/C=N\O)cc1. The van der Waals surface area contributed by atoms with E-state index in [1.807, 2.05) is 31.2 Å². The lowest BCUT2D eigenvalue weighted by Crippen LogP contribution is -2.20. The molecule has 0 heterocycles. The van der Waals surface area contributed by atoms with Crippen molar-refractivity contribution in [3.8, 4) is 5.75 Å². The average molecular weight is 284 g/mol. The molecule has 0 saturated heterocycles. The van der Waals surface area contributed by atoms with E-state index >= 15 is 0 Å². The number of nitrogens with one attached hydrogen (secondary N) is 1. The molecule has 0 fully saturated rings. The van der Waals surface area contributed by atoms with Gasteiger partial charge in [0.2, 0.25) is 0 Å². The Morgan fingerprint density at radius 3 is 2.62 bits per heavy atom. The summed E-state index contributed by atoms with van der Waals surface area (Å²) < 4.78 is 5.39. The first-order valence-electron chi connectivity index (χ1n) is 6.45. The van der Waals surface area contributed by atoms with Gasteiger partial charge in [0.1, 0.15) is 5.75 Å². The normalized spacial score (nSPS) is 10.5. The van der Waals surface area contributed by atoms with Crippen molar-refractivity contribution in [3.63, 3.8) is 0 Å². The van der Waals surface area contributed by atoms with Gasteiger partial charge < -0.3 is 15.3 Å². The standard InChI is InChI=1S/C16H16N2O3/c1-12-4-2-3-5-15(12)18-16(19)11-21-14-8-6-13(7-9-14)10-17-20/h2-10,20H,11H2,1H3,(H,18,19)/b17-10-. The first kappa shape index (κ1) is 14.6. The topological polar surface area (TPSA) is 70.9 Å². The number of aryl methyl sites for hydroxylation is 1. The predicted molar refractivity (Wildman–Crippen MR) is 81.1 cm³/mol. The van der Waals surface area contributed by atoms with Crippen LogP contribution >= 0.6 is 0 Å². The molecule has 0 aliphatic heterocycles. The Bertz CT molecular complexity index is 636. The first-order chi connectivity index (χ1) is 10.2. The van der Waals surface area contributed by atoms with Crippen LogP contribution in [0.2, 0.25) is 0 Å². The number of anilines is 1. The third-order valence-electron chi connectivity index (χ3n) is 2.88. The summed E-state index contributed by atoms with van der Waals surface area (Å²) in [5, 5.41) is 14.1. The molecule has 2 aromatic rings. The van der Waals surface area contributed by atoms with Crippen molar-refractivity contribution in [3.05, 3.63) is 59.7 Å². The fraction of sp³-hybridized carbons (Fsp3) is 0.125. The van der Waals surface area contributed by atoms with E-state index in [0.29, 0.717) is 5.75 Å². The van der Waals surface area contributed by atoms with Crippen molar-refractivity contribution in [2.75, 3.05) is 11.9 Å². The highest BCUT2D eigenvalue weighted by atomic mass is 16.5. The number of para-hydroxylation sites is 1. The molecule has 2 rings (SSSR count). The van der Waals surface area contributed by atoms with Crippen LogP contribution in [0.25, 0.3) is 0 Å². The molecular weight excluding hydrogens is 268 g/mol. The number of amides is 1. The van der Waals surface area contributed by atoms with Crippen LogP contribution in [0.4, 0.5) is 5.69 Å². The summed E-state index contributed by atoms with van der Waals surface area (Å²) in [5.41, 5.74) is 2.52. The molecule has 0 saturated carbocycles. The molecule has 0 radical (unpaired) electrons. The van der Waals surface area contributed by atoms with Crippen molar-refractivity contribution in [1.82, 2.24) is 0 Å². The van der Waals surface area contributed by atoms with Gasteiger partial charge in [0.15, 0.2) is 6.61 Å². The van der Waals surface area contributed by atoms with E-state index < -0.39 is 0 Å². The smallest absolute Gasteiger partial charge is 0.262 e. The van der Waals surface area contributed by atoms with Crippen molar-refractivity contribution in [1.29, 1.82) is 0 Å². The number of ether oxygens (including phenoxy) is 1. The number of rotatable bonds is 5. The number of oxime groups is 1. The average Bonchev–Trinajstić information content (AvgIpc) is 2.49. The third kappa shape index (κ3) is 4.35. The lowest BCUT2D eigenvalue weighted by atomic mass is 10.2. The zero-order valence-electron chi connectivity index (χ0n) is 11.6. The molecule has 108 valence electrons. The van der Waals surface area contributed by atoms with E-state index in [0.717, 1.165) is 16.8 Å². The minimum atomic E-state index is -0.217. The molecule has 5 nitrogen and oxygen atoms in total. The Morgan fingerprint density at radius 1 is 1.24 bits per heavy atom. The number of carbonyl (C=O) groups is 1. The molecule has 21 heavy (non-hydrogen) atoms. The fourth-order valence-corrected chi connectivity index (χ4v) is 1.77. The maximum atomic E-state index is 11.8. The Kier molecular flexibility index (Phi) is 4.93. The van der Waals surface area contributed by atoms with Gasteiger partial charge in [-0.05, 0) is 48.4 Å². The maximum Gasteiger partial charge on any atom is 0.262 e. The summed E-state index contributed by atoms with van der Waals surface area (Å²) in [7, 11) is 0. The van der Waals surface area contributed by atoms with Gasteiger partial charge in [-0.2, -0.15) is 0 Å². The summed E-state index contributed by atoms with van der Waals surface area (Å²) in [6.45, 7) is 1.86. The van der Waals surface area contributed by atoms with E-state index in [-0.39, 0.29) is 12.5 Å². The van der Waals surface area contributed by atoms with Gasteiger partial charge in [-0.3, -0.25) is 4.79 Å². The summed E-state index contributed by atoms with van der Waals surface area (Å²) >= 11 is 0. The van der Waals surface area contributed by atoms with Gasteiger partial charge in [0.25, 0.3) is 5.91 Å². The van der Waals surface area contributed by atoms with Gasteiger partial charge in [-0.1, -0.05) is 23.4 Å². The molecule has 0 aliphatic rings. The lowest BCUT2D eigenvalue weighted by Gasteiger charge is -2.09. The second-order valence-corrected chi connectivity index (χ2v) is 4.47. The lowest BCUT2D eigenvalue weighted by molar-refractivity contribution is -0.118. The van der Waals surface area contributed by atoms with Crippen LogP contribution in [0, 0.1) is 6.92 Å². The fourth-order valence-electron chi connectivity index (χ4n) is 1.77. The molecule has 0 bridgehead atoms. The molecule has 0 spiro atoms. The molecule has 0 aromatic heterocycles. The van der Waals surface area contributed by atoms with Crippen LogP contribution in [0.1, 0.15) is 11.1 Å². The minimum Gasteiger partial charge on any atom is -0.484 e.